The fourth-order valence-electron chi connectivity index (χ4n) is 2.87. The lowest BCUT2D eigenvalue weighted by Gasteiger charge is -2.28. The molecule has 3 rings (SSSR count). The van der Waals surface area contributed by atoms with E-state index in [4.69, 9.17) is 0 Å². The molecule has 1 saturated carbocycles. The zero-order valence-corrected chi connectivity index (χ0v) is 12.9. The Balaban J connectivity index is 1.58. The zero-order valence-electron chi connectivity index (χ0n) is 12.9. The van der Waals surface area contributed by atoms with Crippen LogP contribution in [-0.2, 0) is 13.2 Å². The van der Waals surface area contributed by atoms with Crippen LogP contribution in [0.15, 0.2) is 12.7 Å². The van der Waals surface area contributed by atoms with Gasteiger partial charge in [0.15, 0.2) is 0 Å². The number of aromatic nitrogens is 6. The van der Waals surface area contributed by atoms with E-state index < -0.39 is 23.7 Å². The van der Waals surface area contributed by atoms with Gasteiger partial charge in [0.2, 0.25) is 11.6 Å². The molecule has 11 heteroatoms. The standard InChI is InChI=1S/C13H16F3N7O/c1-22-12(13(14,15)16)20-10(21-22)11(24)19-8-2-4-9(5-3-8)23-7-17-6-18-23/h6-9H,2-5H2,1H3,(H,19,24). The lowest BCUT2D eigenvalue weighted by Crippen LogP contribution is -2.38. The predicted molar refractivity (Wildman–Crippen MR) is 74.8 cm³/mol. The molecule has 2 heterocycles. The van der Waals surface area contributed by atoms with Gasteiger partial charge >= 0.3 is 6.18 Å². The monoisotopic (exact) mass is 343 g/mol. The number of carbonyl (C=O) groups is 1. The third-order valence-corrected chi connectivity index (χ3v) is 4.06. The van der Waals surface area contributed by atoms with Gasteiger partial charge in [0.05, 0.1) is 6.04 Å². The first-order valence-electron chi connectivity index (χ1n) is 7.48. The Labute approximate surface area is 135 Å². The molecule has 1 fully saturated rings. The summed E-state index contributed by atoms with van der Waals surface area (Å²) < 4.78 is 40.4. The molecule has 1 N–H and O–H groups in total. The summed E-state index contributed by atoms with van der Waals surface area (Å²) in [6.07, 6.45) is 1.50. The number of nitrogens with zero attached hydrogens (tertiary/aromatic N) is 6. The van der Waals surface area contributed by atoms with Crippen molar-refractivity contribution in [2.75, 3.05) is 0 Å². The highest BCUT2D eigenvalue weighted by Gasteiger charge is 2.38. The highest BCUT2D eigenvalue weighted by Crippen LogP contribution is 2.28. The topological polar surface area (TPSA) is 90.5 Å². The van der Waals surface area contributed by atoms with E-state index in [0.717, 1.165) is 19.9 Å². The normalized spacial score (nSPS) is 21.7. The first kappa shape index (κ1) is 16.4. The molecule has 0 spiro atoms. The van der Waals surface area contributed by atoms with E-state index in [9.17, 15) is 18.0 Å². The zero-order chi connectivity index (χ0) is 17.3. The Bertz CT molecular complexity index is 702. The number of amides is 1. The van der Waals surface area contributed by atoms with Crippen LogP contribution in [0, 0.1) is 0 Å². The maximum atomic E-state index is 12.7. The van der Waals surface area contributed by atoms with Gasteiger partial charge in [0.25, 0.3) is 5.91 Å². The lowest BCUT2D eigenvalue weighted by atomic mass is 9.91. The number of alkyl halides is 3. The van der Waals surface area contributed by atoms with Gasteiger partial charge in [0.1, 0.15) is 12.7 Å². The summed E-state index contributed by atoms with van der Waals surface area (Å²) in [4.78, 5) is 19.3. The Morgan fingerprint density at radius 1 is 1.29 bits per heavy atom. The number of aryl methyl sites for hydroxylation is 1. The minimum absolute atomic E-state index is 0.115. The van der Waals surface area contributed by atoms with Crippen molar-refractivity contribution in [3.63, 3.8) is 0 Å². The molecular weight excluding hydrogens is 327 g/mol. The number of carbonyl (C=O) groups excluding carboxylic acids is 1. The molecule has 2 aromatic heterocycles. The van der Waals surface area contributed by atoms with Gasteiger partial charge in [-0.05, 0) is 25.7 Å². The molecule has 0 radical (unpaired) electrons. The molecule has 0 saturated heterocycles. The Morgan fingerprint density at radius 3 is 2.54 bits per heavy atom. The Morgan fingerprint density at radius 2 is 2.00 bits per heavy atom. The fourth-order valence-corrected chi connectivity index (χ4v) is 2.87. The molecule has 2 aromatic rings. The van der Waals surface area contributed by atoms with Gasteiger partial charge in [-0.2, -0.15) is 23.3 Å². The van der Waals surface area contributed by atoms with E-state index in [1.807, 2.05) is 0 Å². The van der Waals surface area contributed by atoms with Crippen molar-refractivity contribution in [1.82, 2.24) is 34.8 Å². The van der Waals surface area contributed by atoms with Crippen molar-refractivity contribution in [3.05, 3.63) is 24.3 Å². The molecule has 24 heavy (non-hydrogen) atoms. The number of nitrogens with one attached hydrogen (secondary N) is 1. The first-order chi connectivity index (χ1) is 11.3. The molecule has 0 aromatic carbocycles. The largest absolute Gasteiger partial charge is 0.451 e. The van der Waals surface area contributed by atoms with Gasteiger partial charge in [-0.25, -0.2) is 14.3 Å². The van der Waals surface area contributed by atoms with Crippen LogP contribution in [0.3, 0.4) is 0 Å². The summed E-state index contributed by atoms with van der Waals surface area (Å²) in [5.74, 6) is -2.35. The van der Waals surface area contributed by atoms with E-state index >= 15 is 0 Å². The quantitative estimate of drug-likeness (QED) is 0.908. The molecule has 1 aliphatic carbocycles. The van der Waals surface area contributed by atoms with Crippen molar-refractivity contribution >= 4 is 5.91 Å². The van der Waals surface area contributed by atoms with Crippen LogP contribution < -0.4 is 5.32 Å². The third kappa shape index (κ3) is 3.39. The van der Waals surface area contributed by atoms with Crippen molar-refractivity contribution in [2.24, 2.45) is 7.05 Å². The predicted octanol–water partition coefficient (Wildman–Crippen LogP) is 1.34. The van der Waals surface area contributed by atoms with Crippen LogP contribution in [0.1, 0.15) is 48.2 Å². The SMILES string of the molecule is Cn1nc(C(=O)NC2CCC(n3cncn3)CC2)nc1C(F)(F)F. The van der Waals surface area contributed by atoms with Gasteiger partial charge in [-0.1, -0.05) is 0 Å². The highest BCUT2D eigenvalue weighted by molar-refractivity contribution is 5.90. The highest BCUT2D eigenvalue weighted by atomic mass is 19.4. The maximum Gasteiger partial charge on any atom is 0.451 e. The van der Waals surface area contributed by atoms with E-state index in [-0.39, 0.29) is 12.1 Å². The number of rotatable bonds is 3. The summed E-state index contributed by atoms with van der Waals surface area (Å²) in [5, 5.41) is 10.4. The van der Waals surface area contributed by atoms with E-state index in [2.05, 4.69) is 25.5 Å². The van der Waals surface area contributed by atoms with Crippen LogP contribution in [0.4, 0.5) is 13.2 Å². The molecule has 8 nitrogen and oxygen atoms in total. The van der Waals surface area contributed by atoms with Gasteiger partial charge in [-0.3, -0.25) is 4.79 Å². The minimum atomic E-state index is -4.64. The van der Waals surface area contributed by atoms with E-state index in [1.54, 1.807) is 11.0 Å². The molecule has 0 unspecified atom stereocenters. The molecule has 1 amide bonds. The Hall–Kier alpha value is -2.46. The van der Waals surface area contributed by atoms with Crippen molar-refractivity contribution in [3.8, 4) is 0 Å². The number of halogens is 3. The summed E-state index contributed by atoms with van der Waals surface area (Å²) in [6.45, 7) is 0. The second-order valence-corrected chi connectivity index (χ2v) is 5.73. The molecular formula is C13H16F3N7O. The fraction of sp³-hybridized carbons (Fsp3) is 0.615. The summed E-state index contributed by atoms with van der Waals surface area (Å²) in [7, 11) is 1.11. The lowest BCUT2D eigenvalue weighted by molar-refractivity contribution is -0.147. The third-order valence-electron chi connectivity index (χ3n) is 4.06. The minimum Gasteiger partial charge on any atom is -0.347 e. The van der Waals surface area contributed by atoms with Gasteiger partial charge in [0, 0.05) is 13.1 Å². The van der Waals surface area contributed by atoms with Crippen molar-refractivity contribution in [1.29, 1.82) is 0 Å². The summed E-state index contributed by atoms with van der Waals surface area (Å²) in [6, 6.07) is 0.112. The van der Waals surface area contributed by atoms with Gasteiger partial charge in [-0.15, -0.1) is 5.10 Å². The smallest absolute Gasteiger partial charge is 0.347 e. The average molecular weight is 343 g/mol. The average Bonchev–Trinajstić information content (AvgIpc) is 3.16. The maximum absolute atomic E-state index is 12.7. The van der Waals surface area contributed by atoms with Crippen LogP contribution in [0.25, 0.3) is 0 Å². The number of hydrogen-bond acceptors (Lipinski definition) is 5. The van der Waals surface area contributed by atoms with Crippen LogP contribution >= 0.6 is 0 Å². The van der Waals surface area contributed by atoms with Crippen LogP contribution in [0.5, 0.6) is 0 Å². The molecule has 0 atom stereocenters. The Kier molecular flexibility index (Phi) is 4.24. The second kappa shape index (κ2) is 6.21. The van der Waals surface area contributed by atoms with Crippen molar-refractivity contribution < 1.29 is 18.0 Å². The van der Waals surface area contributed by atoms with Crippen molar-refractivity contribution in [2.45, 2.75) is 43.9 Å². The summed E-state index contributed by atoms with van der Waals surface area (Å²) >= 11 is 0. The van der Waals surface area contributed by atoms with E-state index in [1.165, 1.54) is 6.33 Å². The molecule has 130 valence electrons. The van der Waals surface area contributed by atoms with Gasteiger partial charge < -0.3 is 5.32 Å². The summed E-state index contributed by atoms with van der Waals surface area (Å²) in [5.41, 5.74) is 0. The van der Waals surface area contributed by atoms with Crippen LogP contribution in [0.2, 0.25) is 0 Å². The first-order valence-corrected chi connectivity index (χ1v) is 7.48. The molecule has 0 aliphatic heterocycles. The van der Waals surface area contributed by atoms with E-state index in [0.29, 0.717) is 17.5 Å². The molecule has 1 aliphatic rings. The second-order valence-electron chi connectivity index (χ2n) is 5.73. The molecule has 0 bridgehead atoms. The number of hydrogen-bond donors (Lipinski definition) is 1. The van der Waals surface area contributed by atoms with Crippen LogP contribution in [-0.4, -0.2) is 41.5 Å².